The molecule has 1 atom stereocenters. The zero-order valence-corrected chi connectivity index (χ0v) is 23.3. The summed E-state index contributed by atoms with van der Waals surface area (Å²) in [7, 11) is -2.08. The quantitative estimate of drug-likeness (QED) is 0.348. The zero-order chi connectivity index (χ0) is 27.7. The van der Waals surface area contributed by atoms with Gasteiger partial charge in [0.1, 0.15) is 22.3 Å². The van der Waals surface area contributed by atoms with E-state index in [4.69, 9.17) is 9.72 Å². The fourth-order valence-electron chi connectivity index (χ4n) is 4.77. The zero-order valence-electron chi connectivity index (χ0n) is 22.5. The van der Waals surface area contributed by atoms with Gasteiger partial charge in [-0.1, -0.05) is 19.9 Å². The topological polar surface area (TPSA) is 139 Å². The molecule has 0 amide bonds. The van der Waals surface area contributed by atoms with Gasteiger partial charge < -0.3 is 14.6 Å². The fourth-order valence-corrected chi connectivity index (χ4v) is 6.16. The molecule has 4 aromatic heterocycles. The molecule has 5 heterocycles. The Morgan fingerprint density at radius 3 is 2.54 bits per heavy atom. The van der Waals surface area contributed by atoms with Crippen molar-refractivity contribution in [2.45, 2.75) is 38.2 Å². The summed E-state index contributed by atoms with van der Waals surface area (Å²) < 4.78 is 36.5. The Hall–Kier alpha value is -3.68. The lowest BCUT2D eigenvalue weighted by Gasteiger charge is -2.33. The van der Waals surface area contributed by atoms with E-state index in [2.05, 4.69) is 31.9 Å². The van der Waals surface area contributed by atoms with Crippen LogP contribution in [0.3, 0.4) is 0 Å². The molecule has 0 radical (unpaired) electrons. The number of sulfonamides is 1. The van der Waals surface area contributed by atoms with E-state index in [1.54, 1.807) is 17.9 Å². The molecule has 1 fully saturated rings. The second kappa shape index (κ2) is 10.8. The Bertz CT molecular complexity index is 1640. The number of nitrogens with one attached hydrogen (secondary N) is 1. The van der Waals surface area contributed by atoms with Crippen LogP contribution in [-0.2, 0) is 23.5 Å². The number of likely N-dealkylation sites (N-methyl/N-ethyl adjacent to an activating group) is 1. The van der Waals surface area contributed by atoms with Crippen molar-refractivity contribution in [1.82, 2.24) is 38.9 Å². The molecule has 1 N–H and O–H groups in total. The average Bonchev–Trinajstić information content (AvgIpc) is 3.29. The third-order valence-corrected chi connectivity index (χ3v) is 8.90. The third-order valence-electron chi connectivity index (χ3n) is 7.03. The molecule has 0 bridgehead atoms. The van der Waals surface area contributed by atoms with Gasteiger partial charge >= 0.3 is 0 Å². The number of aromatic amines is 1. The molecule has 0 unspecified atom stereocenters. The first-order chi connectivity index (χ1) is 18.7. The van der Waals surface area contributed by atoms with Crippen LogP contribution in [0.5, 0.6) is 5.88 Å². The minimum absolute atomic E-state index is 0.00457. The number of pyridine rings is 2. The third kappa shape index (κ3) is 5.16. The Morgan fingerprint density at radius 1 is 1.10 bits per heavy atom. The largest absolute Gasteiger partial charge is 0.468 e. The normalized spacial score (nSPS) is 16.0. The standard InChI is InChI=1S/C26H32N8O4S/c1-5-21-22-23(31-32(21)4)25(35)30-24(29-22)19-15-18(39(36,37)34-13-11-33(6-2)12-14-34)16-28-26(19)38-17(3)20-9-7-8-10-27-20/h7-10,15-17H,5-6,11-14H2,1-4H3,(H,29,30,35)/t17-/m0/s1. The molecule has 1 saturated heterocycles. The van der Waals surface area contributed by atoms with Crippen LogP contribution in [0.2, 0.25) is 0 Å². The van der Waals surface area contributed by atoms with Gasteiger partial charge in [-0.2, -0.15) is 9.40 Å². The maximum atomic E-state index is 13.6. The van der Waals surface area contributed by atoms with Gasteiger partial charge in [0.25, 0.3) is 5.56 Å². The van der Waals surface area contributed by atoms with Crippen molar-refractivity contribution in [2.75, 3.05) is 32.7 Å². The number of hydrogen-bond donors (Lipinski definition) is 1. The molecular weight excluding hydrogens is 520 g/mol. The summed E-state index contributed by atoms with van der Waals surface area (Å²) >= 11 is 0. The Kier molecular flexibility index (Phi) is 7.47. The molecule has 1 aliphatic rings. The SMILES string of the molecule is CCc1c2nc(-c3cc(S(=O)(=O)N4CCN(CC)CC4)cnc3O[C@@H](C)c3ccccn3)[nH]c(=O)c2nn1C. The average molecular weight is 553 g/mol. The molecular formula is C26H32N8O4S. The highest BCUT2D eigenvalue weighted by Gasteiger charge is 2.30. The molecule has 39 heavy (non-hydrogen) atoms. The first-order valence-corrected chi connectivity index (χ1v) is 14.4. The summed E-state index contributed by atoms with van der Waals surface area (Å²) in [6.45, 7) is 8.79. The van der Waals surface area contributed by atoms with E-state index in [1.165, 1.54) is 16.6 Å². The number of nitrogens with zero attached hydrogens (tertiary/aromatic N) is 7. The van der Waals surface area contributed by atoms with E-state index in [1.807, 2.05) is 32.0 Å². The predicted octanol–water partition coefficient (Wildman–Crippen LogP) is 2.14. The van der Waals surface area contributed by atoms with Crippen LogP contribution in [0.15, 0.2) is 46.3 Å². The van der Waals surface area contributed by atoms with Crippen LogP contribution in [0.4, 0.5) is 0 Å². The predicted molar refractivity (Wildman–Crippen MR) is 146 cm³/mol. The first kappa shape index (κ1) is 26.9. The van der Waals surface area contributed by atoms with Crippen LogP contribution < -0.4 is 10.3 Å². The number of H-pyrrole nitrogens is 1. The Balaban J connectivity index is 1.62. The molecule has 206 valence electrons. The van der Waals surface area contributed by atoms with E-state index in [9.17, 15) is 13.2 Å². The van der Waals surface area contributed by atoms with Crippen molar-refractivity contribution in [3.8, 4) is 17.3 Å². The van der Waals surface area contributed by atoms with Crippen LogP contribution in [0.1, 0.15) is 38.3 Å². The van der Waals surface area contributed by atoms with E-state index < -0.39 is 21.7 Å². The van der Waals surface area contributed by atoms with Crippen molar-refractivity contribution in [1.29, 1.82) is 0 Å². The summed E-state index contributed by atoms with van der Waals surface area (Å²) in [5, 5.41) is 4.31. The molecule has 13 heteroatoms. The Morgan fingerprint density at radius 2 is 1.87 bits per heavy atom. The van der Waals surface area contributed by atoms with Gasteiger partial charge in [0.05, 0.1) is 23.1 Å². The molecule has 0 aliphatic carbocycles. The monoisotopic (exact) mass is 552 g/mol. The van der Waals surface area contributed by atoms with E-state index in [-0.39, 0.29) is 27.7 Å². The number of piperazine rings is 1. The summed E-state index contributed by atoms with van der Waals surface area (Å²) in [4.78, 5) is 31.5. The maximum absolute atomic E-state index is 13.6. The number of fused-ring (bicyclic) bond motifs is 1. The second-order valence-electron chi connectivity index (χ2n) is 9.41. The molecule has 0 aromatic carbocycles. The van der Waals surface area contributed by atoms with Gasteiger partial charge in [-0.3, -0.25) is 14.5 Å². The van der Waals surface area contributed by atoms with Crippen LogP contribution in [0.25, 0.3) is 22.4 Å². The first-order valence-electron chi connectivity index (χ1n) is 13.0. The highest BCUT2D eigenvalue weighted by Crippen LogP contribution is 2.32. The number of aromatic nitrogens is 6. The van der Waals surface area contributed by atoms with Gasteiger partial charge in [-0.25, -0.2) is 18.4 Å². The molecule has 12 nitrogen and oxygen atoms in total. The number of rotatable bonds is 8. The summed E-state index contributed by atoms with van der Waals surface area (Å²) in [6.07, 6.45) is 3.07. The van der Waals surface area contributed by atoms with Crippen molar-refractivity contribution in [3.63, 3.8) is 0 Å². The molecule has 4 aromatic rings. The van der Waals surface area contributed by atoms with Gasteiger partial charge in [0.2, 0.25) is 15.9 Å². The van der Waals surface area contributed by atoms with Gasteiger partial charge in [-0.05, 0) is 38.1 Å². The van der Waals surface area contributed by atoms with Gasteiger partial charge in [-0.15, -0.1) is 0 Å². The molecule has 0 saturated carbocycles. The lowest BCUT2D eigenvalue weighted by Crippen LogP contribution is -2.48. The van der Waals surface area contributed by atoms with Crippen molar-refractivity contribution in [3.05, 3.63) is 58.4 Å². The number of ether oxygens (including phenoxy) is 1. The minimum Gasteiger partial charge on any atom is -0.468 e. The Labute approximate surface area is 226 Å². The second-order valence-corrected chi connectivity index (χ2v) is 11.4. The fraction of sp³-hybridized carbons (Fsp3) is 0.423. The highest BCUT2D eigenvalue weighted by molar-refractivity contribution is 7.89. The lowest BCUT2D eigenvalue weighted by molar-refractivity contribution is 0.196. The molecule has 1 aliphatic heterocycles. The van der Waals surface area contributed by atoms with E-state index >= 15 is 0 Å². The van der Waals surface area contributed by atoms with Crippen LogP contribution in [0, 0.1) is 0 Å². The summed E-state index contributed by atoms with van der Waals surface area (Å²) in [6, 6.07) is 6.96. The lowest BCUT2D eigenvalue weighted by atomic mass is 10.2. The van der Waals surface area contributed by atoms with Gasteiger partial charge in [0.15, 0.2) is 5.52 Å². The number of aryl methyl sites for hydroxylation is 2. The van der Waals surface area contributed by atoms with Crippen molar-refractivity contribution < 1.29 is 13.2 Å². The smallest absolute Gasteiger partial charge is 0.279 e. The minimum atomic E-state index is -3.84. The van der Waals surface area contributed by atoms with E-state index in [0.29, 0.717) is 43.8 Å². The highest BCUT2D eigenvalue weighted by atomic mass is 32.2. The van der Waals surface area contributed by atoms with E-state index in [0.717, 1.165) is 12.2 Å². The molecule has 0 spiro atoms. The summed E-state index contributed by atoms with van der Waals surface area (Å²) in [5.74, 6) is 0.283. The van der Waals surface area contributed by atoms with Crippen LogP contribution >= 0.6 is 0 Å². The van der Waals surface area contributed by atoms with Crippen molar-refractivity contribution in [2.24, 2.45) is 7.05 Å². The van der Waals surface area contributed by atoms with Crippen LogP contribution in [-0.4, -0.2) is 80.1 Å². The number of hydrogen-bond acceptors (Lipinski definition) is 9. The summed E-state index contributed by atoms with van der Waals surface area (Å²) in [5.41, 5.74) is 1.95. The van der Waals surface area contributed by atoms with Crippen molar-refractivity contribution >= 4 is 21.1 Å². The maximum Gasteiger partial charge on any atom is 0.279 e. The van der Waals surface area contributed by atoms with Gasteiger partial charge in [0, 0.05) is 39.4 Å². The molecule has 5 rings (SSSR count).